The van der Waals surface area contributed by atoms with E-state index in [1.807, 2.05) is 6.07 Å². The molecule has 4 nitrogen and oxygen atoms in total. The Morgan fingerprint density at radius 3 is 2.94 bits per heavy atom. The largest absolute Gasteiger partial charge is 0.393 e. The highest BCUT2D eigenvalue weighted by atomic mass is 16.3. The van der Waals surface area contributed by atoms with Gasteiger partial charge in [0.2, 0.25) is 0 Å². The Labute approximate surface area is 92.2 Å². The molecule has 0 bridgehead atoms. The molecule has 4 heteroatoms. The number of hydrogen-bond donors (Lipinski definition) is 1. The molecule has 2 aromatic heterocycles. The van der Waals surface area contributed by atoms with Crippen LogP contribution in [0.15, 0.2) is 35.5 Å². The van der Waals surface area contributed by atoms with Crippen molar-refractivity contribution in [2.75, 3.05) is 0 Å². The third-order valence-electron chi connectivity index (χ3n) is 3.21. The molecule has 0 saturated heterocycles. The Morgan fingerprint density at radius 2 is 2.19 bits per heavy atom. The Hall–Kier alpha value is -1.68. The lowest BCUT2D eigenvalue weighted by atomic mass is 9.89. The summed E-state index contributed by atoms with van der Waals surface area (Å²) in [6, 6.07) is 3.72. The lowest BCUT2D eigenvalue weighted by Gasteiger charge is -2.34. The van der Waals surface area contributed by atoms with Crippen LogP contribution in [0.1, 0.15) is 18.9 Å². The van der Waals surface area contributed by atoms with Crippen LogP contribution >= 0.6 is 0 Å². The fraction of sp³-hybridized carbons (Fsp3) is 0.333. The van der Waals surface area contributed by atoms with Crippen molar-refractivity contribution in [3.8, 4) is 0 Å². The summed E-state index contributed by atoms with van der Waals surface area (Å²) in [6.07, 6.45) is 6.43. The Bertz CT molecular complexity index is 585. The molecular weight excluding hydrogens is 204 g/mol. The van der Waals surface area contributed by atoms with Crippen molar-refractivity contribution < 1.29 is 5.11 Å². The molecular formula is C12H12N2O2. The van der Waals surface area contributed by atoms with Crippen molar-refractivity contribution in [2.24, 2.45) is 0 Å². The van der Waals surface area contributed by atoms with Gasteiger partial charge in [0.05, 0.1) is 17.0 Å². The minimum absolute atomic E-state index is 0.000720. The number of nitrogens with zero attached hydrogens (tertiary/aromatic N) is 2. The molecule has 82 valence electrons. The molecule has 0 atom stereocenters. The summed E-state index contributed by atoms with van der Waals surface area (Å²) in [6.45, 7) is 0. The summed E-state index contributed by atoms with van der Waals surface area (Å²) in [7, 11) is 0. The molecule has 0 amide bonds. The summed E-state index contributed by atoms with van der Waals surface area (Å²) in [5, 5.41) is 9.96. The van der Waals surface area contributed by atoms with Gasteiger partial charge >= 0.3 is 0 Å². The van der Waals surface area contributed by atoms with Gasteiger partial charge in [-0.05, 0) is 18.9 Å². The first kappa shape index (κ1) is 9.54. The Kier molecular flexibility index (Phi) is 2.04. The lowest BCUT2D eigenvalue weighted by molar-refractivity contribution is 0.0501. The van der Waals surface area contributed by atoms with Gasteiger partial charge in [-0.15, -0.1) is 0 Å². The molecule has 1 N–H and O–H groups in total. The zero-order valence-electron chi connectivity index (χ0n) is 8.71. The van der Waals surface area contributed by atoms with E-state index in [1.54, 1.807) is 24.7 Å². The highest BCUT2D eigenvalue weighted by molar-refractivity contribution is 5.77. The van der Waals surface area contributed by atoms with Gasteiger partial charge < -0.3 is 9.67 Å². The van der Waals surface area contributed by atoms with E-state index in [2.05, 4.69) is 9.55 Å². The minimum Gasteiger partial charge on any atom is -0.393 e. The van der Waals surface area contributed by atoms with Crippen molar-refractivity contribution in [2.45, 2.75) is 25.0 Å². The van der Waals surface area contributed by atoms with Crippen LogP contribution in [0.5, 0.6) is 0 Å². The van der Waals surface area contributed by atoms with Crippen LogP contribution in [0.2, 0.25) is 0 Å². The first-order valence-corrected chi connectivity index (χ1v) is 5.38. The first-order valence-electron chi connectivity index (χ1n) is 5.38. The predicted octanol–water partition coefficient (Wildman–Crippen LogP) is 1.09. The third-order valence-corrected chi connectivity index (χ3v) is 3.21. The van der Waals surface area contributed by atoms with E-state index in [0.717, 1.165) is 18.4 Å². The quantitative estimate of drug-likeness (QED) is 0.776. The number of aromatic nitrogens is 2. The van der Waals surface area contributed by atoms with E-state index in [-0.39, 0.29) is 11.5 Å². The monoisotopic (exact) mass is 216 g/mol. The fourth-order valence-corrected chi connectivity index (χ4v) is 2.22. The van der Waals surface area contributed by atoms with Gasteiger partial charge in [-0.25, -0.2) is 0 Å². The van der Waals surface area contributed by atoms with E-state index in [9.17, 15) is 9.90 Å². The highest BCUT2D eigenvalue weighted by Crippen LogP contribution is 2.33. The molecule has 2 heterocycles. The average molecular weight is 216 g/mol. The van der Waals surface area contributed by atoms with Crippen molar-refractivity contribution in [3.05, 3.63) is 40.9 Å². The fourth-order valence-electron chi connectivity index (χ4n) is 2.22. The van der Waals surface area contributed by atoms with E-state index in [1.165, 1.54) is 0 Å². The average Bonchev–Trinajstić information content (AvgIpc) is 2.27. The van der Waals surface area contributed by atoms with Crippen molar-refractivity contribution in [1.29, 1.82) is 0 Å². The molecule has 0 radical (unpaired) electrons. The van der Waals surface area contributed by atoms with Crippen LogP contribution < -0.4 is 5.43 Å². The Balaban J connectivity index is 2.19. The van der Waals surface area contributed by atoms with Crippen LogP contribution in [0.4, 0.5) is 0 Å². The molecule has 0 unspecified atom stereocenters. The van der Waals surface area contributed by atoms with Crippen molar-refractivity contribution >= 4 is 10.9 Å². The standard InChI is InChI=1S/C12H12N2O2/c15-9-5-8(6-9)14-4-2-12(16)10-7-13-3-1-11(10)14/h1-4,7-9,15H,5-6H2. The van der Waals surface area contributed by atoms with Gasteiger partial charge in [0.1, 0.15) is 0 Å². The SMILES string of the molecule is O=c1ccn(C2CC(O)C2)c2ccncc12. The zero-order valence-corrected chi connectivity index (χ0v) is 8.71. The van der Waals surface area contributed by atoms with Crippen LogP contribution in [0.25, 0.3) is 10.9 Å². The van der Waals surface area contributed by atoms with Gasteiger partial charge in [0.15, 0.2) is 5.43 Å². The summed E-state index contributed by atoms with van der Waals surface area (Å²) < 4.78 is 2.06. The molecule has 2 aromatic rings. The highest BCUT2D eigenvalue weighted by Gasteiger charge is 2.28. The number of pyridine rings is 2. The number of aliphatic hydroxyl groups is 1. The van der Waals surface area contributed by atoms with Gasteiger partial charge in [0.25, 0.3) is 0 Å². The van der Waals surface area contributed by atoms with Gasteiger partial charge in [0, 0.05) is 30.7 Å². The Morgan fingerprint density at radius 1 is 1.38 bits per heavy atom. The number of rotatable bonds is 1. The number of fused-ring (bicyclic) bond motifs is 1. The van der Waals surface area contributed by atoms with Crippen molar-refractivity contribution in [1.82, 2.24) is 9.55 Å². The number of aliphatic hydroxyl groups excluding tert-OH is 1. The predicted molar refractivity (Wildman–Crippen MR) is 60.3 cm³/mol. The lowest BCUT2D eigenvalue weighted by Crippen LogP contribution is -2.31. The molecule has 1 aliphatic rings. The summed E-state index contributed by atoms with van der Waals surface area (Å²) in [4.78, 5) is 15.6. The molecule has 0 spiro atoms. The second kappa shape index (κ2) is 3.42. The normalized spacial score (nSPS) is 24.3. The van der Waals surface area contributed by atoms with E-state index in [0.29, 0.717) is 11.4 Å². The molecule has 0 aromatic carbocycles. The topological polar surface area (TPSA) is 55.1 Å². The van der Waals surface area contributed by atoms with Gasteiger partial charge in [-0.1, -0.05) is 0 Å². The van der Waals surface area contributed by atoms with Crippen LogP contribution in [0.3, 0.4) is 0 Å². The maximum Gasteiger partial charge on any atom is 0.190 e. The second-order valence-corrected chi connectivity index (χ2v) is 4.26. The van der Waals surface area contributed by atoms with Gasteiger partial charge in [-0.2, -0.15) is 0 Å². The van der Waals surface area contributed by atoms with E-state index in [4.69, 9.17) is 0 Å². The van der Waals surface area contributed by atoms with Crippen molar-refractivity contribution in [3.63, 3.8) is 0 Å². The van der Waals surface area contributed by atoms with Crippen LogP contribution in [-0.2, 0) is 0 Å². The smallest absolute Gasteiger partial charge is 0.190 e. The molecule has 16 heavy (non-hydrogen) atoms. The molecule has 1 fully saturated rings. The van der Waals surface area contributed by atoms with Crippen LogP contribution in [0, 0.1) is 0 Å². The van der Waals surface area contributed by atoms with E-state index < -0.39 is 0 Å². The minimum atomic E-state index is -0.193. The summed E-state index contributed by atoms with van der Waals surface area (Å²) >= 11 is 0. The van der Waals surface area contributed by atoms with Gasteiger partial charge in [-0.3, -0.25) is 9.78 Å². The first-order chi connectivity index (χ1) is 7.75. The molecule has 1 saturated carbocycles. The maximum absolute atomic E-state index is 11.6. The van der Waals surface area contributed by atoms with E-state index >= 15 is 0 Å². The second-order valence-electron chi connectivity index (χ2n) is 4.26. The zero-order chi connectivity index (χ0) is 11.1. The summed E-state index contributed by atoms with van der Waals surface area (Å²) in [5.74, 6) is 0. The molecule has 0 aliphatic heterocycles. The molecule has 1 aliphatic carbocycles. The van der Waals surface area contributed by atoms with Crippen LogP contribution in [-0.4, -0.2) is 20.8 Å². The summed E-state index contributed by atoms with van der Waals surface area (Å²) in [5.41, 5.74) is 0.902. The molecule has 3 rings (SSSR count). The maximum atomic E-state index is 11.6. The number of hydrogen-bond acceptors (Lipinski definition) is 3. The third kappa shape index (κ3) is 1.34.